The quantitative estimate of drug-likeness (QED) is 0.586. The van der Waals surface area contributed by atoms with Crippen molar-refractivity contribution in [2.24, 2.45) is 5.92 Å². The standard InChI is InChI=1S/C13H23NO6S/c15-12(16)8-4-7-11(13(17)18)14-21(19,20)9-10-5-2-1-3-6-10/h10-11,14H,1-9H2,(H,15,16)(H,17,18)/t11-/m1/s1. The third-order valence-electron chi connectivity index (χ3n) is 3.68. The topological polar surface area (TPSA) is 121 Å². The second-order valence-corrected chi connectivity index (χ2v) is 7.38. The maximum atomic E-state index is 12.0. The zero-order valence-electron chi connectivity index (χ0n) is 12.0. The first-order valence-electron chi connectivity index (χ1n) is 7.25. The number of sulfonamides is 1. The third kappa shape index (κ3) is 7.42. The number of aliphatic carboxylic acids is 2. The summed E-state index contributed by atoms with van der Waals surface area (Å²) in [6.45, 7) is 0. The number of hydrogen-bond acceptors (Lipinski definition) is 4. The van der Waals surface area contributed by atoms with Gasteiger partial charge in [0.1, 0.15) is 6.04 Å². The molecule has 8 heteroatoms. The van der Waals surface area contributed by atoms with Crippen LogP contribution in [0.2, 0.25) is 0 Å². The van der Waals surface area contributed by atoms with E-state index in [1.165, 1.54) is 0 Å². The summed E-state index contributed by atoms with van der Waals surface area (Å²) in [4.78, 5) is 21.5. The highest BCUT2D eigenvalue weighted by molar-refractivity contribution is 7.89. The molecule has 1 saturated carbocycles. The van der Waals surface area contributed by atoms with Crippen molar-refractivity contribution in [3.63, 3.8) is 0 Å². The van der Waals surface area contributed by atoms with Gasteiger partial charge < -0.3 is 10.2 Å². The van der Waals surface area contributed by atoms with Crippen LogP contribution in [0.3, 0.4) is 0 Å². The zero-order chi connectivity index (χ0) is 15.9. The Morgan fingerprint density at radius 2 is 1.76 bits per heavy atom. The van der Waals surface area contributed by atoms with E-state index < -0.39 is 28.0 Å². The van der Waals surface area contributed by atoms with Gasteiger partial charge in [-0.3, -0.25) is 9.59 Å². The Morgan fingerprint density at radius 1 is 1.14 bits per heavy atom. The van der Waals surface area contributed by atoms with Crippen LogP contribution < -0.4 is 4.72 Å². The summed E-state index contributed by atoms with van der Waals surface area (Å²) in [5, 5.41) is 17.6. The van der Waals surface area contributed by atoms with E-state index in [1.54, 1.807) is 0 Å². The van der Waals surface area contributed by atoms with Gasteiger partial charge in [0.05, 0.1) is 5.75 Å². The van der Waals surface area contributed by atoms with E-state index in [4.69, 9.17) is 10.2 Å². The SMILES string of the molecule is O=C(O)CCC[C@@H](NS(=O)(=O)CC1CCCCC1)C(=O)O. The van der Waals surface area contributed by atoms with E-state index in [-0.39, 0.29) is 30.9 Å². The minimum Gasteiger partial charge on any atom is -0.481 e. The van der Waals surface area contributed by atoms with E-state index in [0.29, 0.717) is 0 Å². The Kier molecular flexibility index (Phi) is 7.10. The van der Waals surface area contributed by atoms with Gasteiger partial charge in [0.2, 0.25) is 10.0 Å². The molecule has 0 amide bonds. The van der Waals surface area contributed by atoms with Crippen molar-refractivity contribution in [3.05, 3.63) is 0 Å². The first-order valence-corrected chi connectivity index (χ1v) is 8.90. The number of nitrogens with one attached hydrogen (secondary N) is 1. The predicted molar refractivity (Wildman–Crippen MR) is 76.4 cm³/mol. The lowest BCUT2D eigenvalue weighted by atomic mass is 9.91. The molecule has 0 bridgehead atoms. The van der Waals surface area contributed by atoms with Crippen LogP contribution in [0.15, 0.2) is 0 Å². The Labute approximate surface area is 124 Å². The van der Waals surface area contributed by atoms with Crippen molar-refractivity contribution in [3.8, 4) is 0 Å². The number of carboxylic acids is 2. The molecule has 0 unspecified atom stereocenters. The summed E-state index contributed by atoms with van der Waals surface area (Å²) in [6, 6.07) is -1.25. The molecule has 1 aliphatic rings. The molecule has 1 fully saturated rings. The predicted octanol–water partition coefficient (Wildman–Crippen LogP) is 1.19. The molecular weight excluding hydrogens is 298 g/mol. The molecular formula is C13H23NO6S. The fourth-order valence-corrected chi connectivity index (χ4v) is 4.32. The van der Waals surface area contributed by atoms with Crippen LogP contribution in [0.25, 0.3) is 0 Å². The van der Waals surface area contributed by atoms with Crippen molar-refractivity contribution in [1.29, 1.82) is 0 Å². The number of rotatable bonds is 9. The first-order chi connectivity index (χ1) is 9.80. The molecule has 0 aromatic rings. The Hall–Kier alpha value is -1.15. The van der Waals surface area contributed by atoms with E-state index in [9.17, 15) is 18.0 Å². The second-order valence-electron chi connectivity index (χ2n) is 5.58. The fourth-order valence-electron chi connectivity index (χ4n) is 2.62. The summed E-state index contributed by atoms with van der Waals surface area (Å²) in [5.41, 5.74) is 0. The largest absolute Gasteiger partial charge is 0.481 e. The van der Waals surface area contributed by atoms with Gasteiger partial charge >= 0.3 is 11.9 Å². The summed E-state index contributed by atoms with van der Waals surface area (Å²) in [6.07, 6.45) is 4.80. The molecule has 21 heavy (non-hydrogen) atoms. The Morgan fingerprint density at radius 3 is 2.29 bits per heavy atom. The molecule has 1 rings (SSSR count). The van der Waals surface area contributed by atoms with Gasteiger partial charge in [-0.15, -0.1) is 0 Å². The molecule has 0 aromatic carbocycles. The van der Waals surface area contributed by atoms with Crippen molar-refractivity contribution in [2.75, 3.05) is 5.75 Å². The summed E-state index contributed by atoms with van der Waals surface area (Å²) >= 11 is 0. The highest BCUT2D eigenvalue weighted by Crippen LogP contribution is 2.24. The van der Waals surface area contributed by atoms with Gasteiger partial charge in [-0.25, -0.2) is 13.1 Å². The summed E-state index contributed by atoms with van der Waals surface area (Å²) < 4.78 is 26.2. The fraction of sp³-hybridized carbons (Fsp3) is 0.846. The molecule has 0 spiro atoms. The lowest BCUT2D eigenvalue weighted by molar-refractivity contribution is -0.140. The van der Waals surface area contributed by atoms with Gasteiger partial charge in [-0.2, -0.15) is 0 Å². The third-order valence-corrected chi connectivity index (χ3v) is 5.24. The van der Waals surface area contributed by atoms with E-state index in [1.807, 2.05) is 0 Å². The second kappa shape index (κ2) is 8.33. The van der Waals surface area contributed by atoms with Crippen LogP contribution in [0, 0.1) is 5.92 Å². The van der Waals surface area contributed by atoms with Crippen LogP contribution in [-0.4, -0.2) is 42.4 Å². The molecule has 7 nitrogen and oxygen atoms in total. The van der Waals surface area contributed by atoms with Crippen molar-refractivity contribution >= 4 is 22.0 Å². The number of carbonyl (C=O) groups is 2. The maximum absolute atomic E-state index is 12.0. The molecule has 0 aromatic heterocycles. The maximum Gasteiger partial charge on any atom is 0.321 e. The molecule has 3 N–H and O–H groups in total. The lowest BCUT2D eigenvalue weighted by Crippen LogP contribution is -2.43. The normalized spacial score (nSPS) is 18.3. The van der Waals surface area contributed by atoms with E-state index >= 15 is 0 Å². The van der Waals surface area contributed by atoms with Gasteiger partial charge in [-0.05, 0) is 31.6 Å². The zero-order valence-corrected chi connectivity index (χ0v) is 12.8. The molecule has 0 radical (unpaired) electrons. The monoisotopic (exact) mass is 321 g/mol. The van der Waals surface area contributed by atoms with Crippen LogP contribution in [0.5, 0.6) is 0 Å². The molecule has 0 aliphatic heterocycles. The summed E-state index contributed by atoms with van der Waals surface area (Å²) in [7, 11) is -3.65. The van der Waals surface area contributed by atoms with Gasteiger partial charge in [-0.1, -0.05) is 19.3 Å². The number of carboxylic acid groups (broad SMARTS) is 2. The van der Waals surface area contributed by atoms with Crippen LogP contribution >= 0.6 is 0 Å². The molecule has 0 heterocycles. The van der Waals surface area contributed by atoms with Crippen LogP contribution in [0.4, 0.5) is 0 Å². The van der Waals surface area contributed by atoms with E-state index in [0.717, 1.165) is 32.1 Å². The van der Waals surface area contributed by atoms with Crippen LogP contribution in [-0.2, 0) is 19.6 Å². The Bertz CT molecular complexity index is 455. The summed E-state index contributed by atoms with van der Waals surface area (Å²) in [5.74, 6) is -2.25. The minimum absolute atomic E-state index is 0.0223. The highest BCUT2D eigenvalue weighted by Gasteiger charge is 2.27. The van der Waals surface area contributed by atoms with Gasteiger partial charge in [0.15, 0.2) is 0 Å². The number of hydrogen-bond donors (Lipinski definition) is 3. The molecule has 122 valence electrons. The van der Waals surface area contributed by atoms with Gasteiger partial charge in [0, 0.05) is 6.42 Å². The smallest absolute Gasteiger partial charge is 0.321 e. The van der Waals surface area contributed by atoms with Gasteiger partial charge in [0.25, 0.3) is 0 Å². The lowest BCUT2D eigenvalue weighted by Gasteiger charge is -2.22. The molecule has 1 aliphatic carbocycles. The van der Waals surface area contributed by atoms with Crippen molar-refractivity contribution in [2.45, 2.75) is 57.4 Å². The average Bonchev–Trinajstić information content (AvgIpc) is 2.37. The molecule has 1 atom stereocenters. The van der Waals surface area contributed by atoms with E-state index in [2.05, 4.69) is 4.72 Å². The highest BCUT2D eigenvalue weighted by atomic mass is 32.2. The minimum atomic E-state index is -3.65. The average molecular weight is 321 g/mol. The van der Waals surface area contributed by atoms with Crippen molar-refractivity contribution < 1.29 is 28.2 Å². The van der Waals surface area contributed by atoms with Crippen LogP contribution in [0.1, 0.15) is 51.4 Å². The Balaban J connectivity index is 2.51. The molecule has 0 saturated heterocycles. The van der Waals surface area contributed by atoms with Crippen molar-refractivity contribution in [1.82, 2.24) is 4.72 Å². The first kappa shape index (κ1) is 17.9.